The summed E-state index contributed by atoms with van der Waals surface area (Å²) in [6, 6.07) is 8.15. The molecule has 1 fully saturated rings. The number of carbonyl (C=O) groups excluding carboxylic acids is 1. The zero-order valence-corrected chi connectivity index (χ0v) is 17.5. The molecule has 1 saturated heterocycles. The van der Waals surface area contributed by atoms with Gasteiger partial charge in [0.1, 0.15) is 0 Å². The molecule has 1 N–H and O–H groups in total. The van der Waals surface area contributed by atoms with Crippen molar-refractivity contribution in [1.82, 2.24) is 20.4 Å². The lowest BCUT2D eigenvalue weighted by atomic mass is 9.95. The Bertz CT molecular complexity index is 752. The van der Waals surface area contributed by atoms with Gasteiger partial charge in [-0.3, -0.25) is 9.69 Å². The number of halogens is 1. The van der Waals surface area contributed by atoms with Crippen LogP contribution >= 0.6 is 15.9 Å². The molecule has 0 aliphatic carbocycles. The molecule has 2 aromatic rings. The van der Waals surface area contributed by atoms with E-state index in [1.165, 1.54) is 0 Å². The van der Waals surface area contributed by atoms with Crippen molar-refractivity contribution in [3.63, 3.8) is 0 Å². The Labute approximate surface area is 168 Å². The first-order chi connectivity index (χ1) is 13.1. The molecule has 7 heteroatoms. The highest BCUT2D eigenvalue weighted by Gasteiger charge is 2.26. The summed E-state index contributed by atoms with van der Waals surface area (Å²) in [5, 5.41) is 7.26. The summed E-state index contributed by atoms with van der Waals surface area (Å²) < 4.78 is 6.41. The van der Waals surface area contributed by atoms with Gasteiger partial charge < -0.3 is 9.84 Å². The summed E-state index contributed by atoms with van der Waals surface area (Å²) >= 11 is 3.46. The minimum absolute atomic E-state index is 0.113. The van der Waals surface area contributed by atoms with Gasteiger partial charge in [-0.25, -0.2) is 0 Å². The fourth-order valence-corrected chi connectivity index (χ4v) is 3.82. The molecule has 1 amide bonds. The number of nitrogens with one attached hydrogen (secondary N) is 1. The summed E-state index contributed by atoms with van der Waals surface area (Å²) in [6.45, 7) is 6.60. The van der Waals surface area contributed by atoms with Gasteiger partial charge >= 0.3 is 0 Å². The van der Waals surface area contributed by atoms with E-state index in [1.807, 2.05) is 24.3 Å². The van der Waals surface area contributed by atoms with Crippen molar-refractivity contribution in [3.8, 4) is 11.4 Å². The highest BCUT2D eigenvalue weighted by Crippen LogP contribution is 2.22. The van der Waals surface area contributed by atoms with Crippen LogP contribution in [0, 0.1) is 5.92 Å². The van der Waals surface area contributed by atoms with E-state index >= 15 is 0 Å². The van der Waals surface area contributed by atoms with Gasteiger partial charge in [0.15, 0.2) is 0 Å². The van der Waals surface area contributed by atoms with Gasteiger partial charge in [-0.15, -0.1) is 0 Å². The predicted molar refractivity (Wildman–Crippen MR) is 108 cm³/mol. The van der Waals surface area contributed by atoms with Crippen LogP contribution in [0.5, 0.6) is 0 Å². The summed E-state index contributed by atoms with van der Waals surface area (Å²) in [5.41, 5.74) is 0.927. The lowest BCUT2D eigenvalue weighted by Crippen LogP contribution is -2.43. The quantitative estimate of drug-likeness (QED) is 0.712. The van der Waals surface area contributed by atoms with Crippen LogP contribution < -0.4 is 5.32 Å². The summed E-state index contributed by atoms with van der Waals surface area (Å²) in [6.07, 6.45) is 3.72. The van der Waals surface area contributed by atoms with Crippen molar-refractivity contribution >= 4 is 21.8 Å². The zero-order valence-electron chi connectivity index (χ0n) is 15.9. The maximum atomic E-state index is 12.4. The lowest BCUT2D eigenvalue weighted by Gasteiger charge is -2.31. The average molecular weight is 435 g/mol. The van der Waals surface area contributed by atoms with Crippen LogP contribution in [0.3, 0.4) is 0 Å². The van der Waals surface area contributed by atoms with Crippen LogP contribution in [-0.2, 0) is 11.3 Å². The second-order valence-corrected chi connectivity index (χ2v) is 8.01. The van der Waals surface area contributed by atoms with Crippen molar-refractivity contribution in [3.05, 3.63) is 34.6 Å². The zero-order chi connectivity index (χ0) is 19.2. The minimum Gasteiger partial charge on any atom is -0.353 e. The molecule has 146 valence electrons. The molecule has 1 aromatic carbocycles. The van der Waals surface area contributed by atoms with E-state index in [9.17, 15) is 4.79 Å². The van der Waals surface area contributed by atoms with Crippen LogP contribution in [-0.4, -0.2) is 40.1 Å². The van der Waals surface area contributed by atoms with E-state index in [4.69, 9.17) is 4.52 Å². The summed E-state index contributed by atoms with van der Waals surface area (Å²) in [7, 11) is 0. The third-order valence-corrected chi connectivity index (χ3v) is 5.69. The molecule has 6 nitrogen and oxygen atoms in total. The standard InChI is InChI=1S/C20H27BrN4O2/c1-3-17(4-2)22-20(26)14-8-10-25(11-9-14)13-18-23-19(24-27-18)15-6-5-7-16(21)12-15/h5-7,12,14,17H,3-4,8-11,13H2,1-2H3,(H,22,26). The van der Waals surface area contributed by atoms with Crippen LogP contribution in [0.25, 0.3) is 11.4 Å². The molecule has 0 atom stereocenters. The third-order valence-electron chi connectivity index (χ3n) is 5.20. The molecule has 1 aromatic heterocycles. The lowest BCUT2D eigenvalue weighted by molar-refractivity contribution is -0.127. The van der Waals surface area contributed by atoms with Crippen LogP contribution in [0.4, 0.5) is 0 Å². The highest BCUT2D eigenvalue weighted by atomic mass is 79.9. The van der Waals surface area contributed by atoms with E-state index in [0.29, 0.717) is 24.3 Å². The molecule has 0 saturated carbocycles. The predicted octanol–water partition coefficient (Wildman–Crippen LogP) is 4.02. The Hall–Kier alpha value is -1.73. The number of piperidine rings is 1. The molecule has 27 heavy (non-hydrogen) atoms. The van der Waals surface area contributed by atoms with E-state index in [0.717, 1.165) is 48.8 Å². The Kier molecular flexibility index (Phi) is 7.01. The van der Waals surface area contributed by atoms with E-state index in [-0.39, 0.29) is 11.8 Å². The Balaban J connectivity index is 1.50. The molecule has 1 aliphatic rings. The van der Waals surface area contributed by atoms with Crippen molar-refractivity contribution in [2.75, 3.05) is 13.1 Å². The molecule has 0 spiro atoms. The van der Waals surface area contributed by atoms with Crippen LogP contribution in [0.1, 0.15) is 45.4 Å². The Morgan fingerprint density at radius 2 is 2.07 bits per heavy atom. The molecule has 0 unspecified atom stereocenters. The molecular formula is C20H27BrN4O2. The summed E-state index contributed by atoms with van der Waals surface area (Å²) in [5.74, 6) is 1.54. The average Bonchev–Trinajstić information content (AvgIpc) is 3.15. The van der Waals surface area contributed by atoms with E-state index < -0.39 is 0 Å². The first-order valence-electron chi connectivity index (χ1n) is 9.70. The van der Waals surface area contributed by atoms with Gasteiger partial charge in [0, 0.05) is 22.0 Å². The van der Waals surface area contributed by atoms with Gasteiger partial charge in [0.25, 0.3) is 0 Å². The minimum atomic E-state index is 0.113. The maximum absolute atomic E-state index is 12.4. The van der Waals surface area contributed by atoms with Crippen molar-refractivity contribution in [2.24, 2.45) is 5.92 Å². The normalized spacial score (nSPS) is 16.0. The number of nitrogens with zero attached hydrogens (tertiary/aromatic N) is 3. The largest absolute Gasteiger partial charge is 0.353 e. The molecule has 3 rings (SSSR count). The molecule has 0 radical (unpaired) electrons. The van der Waals surface area contributed by atoms with Crippen LogP contribution in [0.2, 0.25) is 0 Å². The van der Waals surface area contributed by atoms with Crippen LogP contribution in [0.15, 0.2) is 33.3 Å². The molecule has 2 heterocycles. The van der Waals surface area contributed by atoms with Crippen molar-refractivity contribution in [2.45, 2.75) is 52.1 Å². The summed E-state index contributed by atoms with van der Waals surface area (Å²) in [4.78, 5) is 19.2. The number of carbonyl (C=O) groups is 1. The van der Waals surface area contributed by atoms with E-state index in [1.54, 1.807) is 0 Å². The van der Waals surface area contributed by atoms with Gasteiger partial charge in [0.05, 0.1) is 6.54 Å². The SMILES string of the molecule is CCC(CC)NC(=O)C1CCN(Cc2nc(-c3cccc(Br)c3)no2)CC1. The van der Waals surface area contributed by atoms with Gasteiger partial charge in [-0.05, 0) is 50.9 Å². The second kappa shape index (κ2) is 9.46. The highest BCUT2D eigenvalue weighted by molar-refractivity contribution is 9.10. The van der Waals surface area contributed by atoms with Gasteiger partial charge in [-0.2, -0.15) is 4.98 Å². The third kappa shape index (κ3) is 5.39. The monoisotopic (exact) mass is 434 g/mol. The first-order valence-corrected chi connectivity index (χ1v) is 10.5. The number of amides is 1. The Morgan fingerprint density at radius 1 is 1.33 bits per heavy atom. The first kappa shape index (κ1) is 20.0. The number of hydrogen-bond donors (Lipinski definition) is 1. The fourth-order valence-electron chi connectivity index (χ4n) is 3.42. The maximum Gasteiger partial charge on any atom is 0.241 e. The molecule has 1 aliphatic heterocycles. The fraction of sp³-hybridized carbons (Fsp3) is 0.550. The number of aromatic nitrogens is 2. The smallest absolute Gasteiger partial charge is 0.241 e. The van der Waals surface area contributed by atoms with Gasteiger partial charge in [-0.1, -0.05) is 47.1 Å². The topological polar surface area (TPSA) is 71.3 Å². The van der Waals surface area contributed by atoms with Gasteiger partial charge in [0.2, 0.25) is 17.6 Å². The molecule has 0 bridgehead atoms. The number of rotatable bonds is 7. The number of likely N-dealkylation sites (tertiary alicyclic amines) is 1. The van der Waals surface area contributed by atoms with Crippen molar-refractivity contribution in [1.29, 1.82) is 0 Å². The van der Waals surface area contributed by atoms with Crippen molar-refractivity contribution < 1.29 is 9.32 Å². The second-order valence-electron chi connectivity index (χ2n) is 7.09. The Morgan fingerprint density at radius 3 is 2.74 bits per heavy atom. The number of benzene rings is 1. The van der Waals surface area contributed by atoms with E-state index in [2.05, 4.69) is 50.1 Å². The number of hydrogen-bond acceptors (Lipinski definition) is 5. The molecular weight excluding hydrogens is 408 g/mol.